The molecule has 0 bridgehead atoms. The summed E-state index contributed by atoms with van der Waals surface area (Å²) in [4.78, 5) is 40.6. The van der Waals surface area contributed by atoms with Crippen molar-refractivity contribution in [2.45, 2.75) is 198 Å². The van der Waals surface area contributed by atoms with Crippen LogP contribution in [0.1, 0.15) is 277 Å². The highest BCUT2D eigenvalue weighted by Gasteiger charge is 2.21. The number of carbonyl (C=O) groups excluding carboxylic acids is 2. The third-order valence-corrected chi connectivity index (χ3v) is 4.90. The summed E-state index contributed by atoms with van der Waals surface area (Å²) in [5, 5.41) is 0. The van der Waals surface area contributed by atoms with Gasteiger partial charge in [-0.25, -0.2) is 0 Å². The van der Waals surface area contributed by atoms with Crippen molar-refractivity contribution in [3.63, 3.8) is 0 Å². The van der Waals surface area contributed by atoms with E-state index in [1.807, 2.05) is 0 Å². The smallest absolute Gasteiger partial charge is 0.306 e. The van der Waals surface area contributed by atoms with E-state index in [0.29, 0.717) is 0 Å². The molecule has 0 aromatic carbocycles. The molecule has 0 aromatic heterocycles. The average molecular weight is 796 g/mol. The molecule has 0 amide bonds. The number of ether oxygens (including phenoxy) is 2. The third-order valence-electron chi connectivity index (χ3n) is 3.93. The fraction of sp³-hybridized carbons (Fsp3) is 0.950. The Bertz CT molecular complexity index is 3410. The first-order chi connectivity index (χ1) is 47.3. The molecular formula is C40H80NO8P. The SMILES string of the molecule is [2H]C([2H])([2H])C([2H])([2H])C([2H])([2H])C([2H])([2H])C([2H])([2H])C([2H])([2H])C([2H])([2H])C([2H])([2H])C([2H])([2H])C([2H])([2H])C([2H])([2H])C([2H])([2H])C([2H])([2H])C(=O)O[C@H](COC(=O)C([2H])([2H])C([2H])([2H])C([2H])([2H])C([2H])([2H])C([2H])([2H])C([2H])([2H])C([2H])([2H])C([2H])([2H])C([2H])([2H])C([2H])([2H])C([2H])([2H])C([2H])([2H])C([2H])([2H])C([2H])([2H])C([2H])([2H])C([2H])([2H])C([2H])([2H])[2H])COP(=O)([O-])OCC[N+](C)(C)C. The van der Waals surface area contributed by atoms with Crippen LogP contribution in [0.5, 0.6) is 0 Å². The second-order valence-corrected chi connectivity index (χ2v) is 10.1. The van der Waals surface area contributed by atoms with Gasteiger partial charge in [0.05, 0.1) is 27.7 Å². The van der Waals surface area contributed by atoms with Crippen LogP contribution in [0.3, 0.4) is 0 Å². The number of quaternary nitrogens is 1. The zero-order valence-corrected chi connectivity index (χ0v) is 27.5. The fourth-order valence-electron chi connectivity index (χ4n) is 1.99. The summed E-state index contributed by atoms with van der Waals surface area (Å²) in [6.07, 6.45) is -151. The Morgan fingerprint density at radius 2 is 0.980 bits per heavy atom. The molecule has 0 fully saturated rings. The average Bonchev–Trinajstić information content (AvgIpc) is 0.901. The summed E-state index contributed by atoms with van der Waals surface area (Å²) in [6, 6.07) is 0. The molecule has 0 heterocycles. The summed E-state index contributed by atoms with van der Waals surface area (Å²) >= 11 is 0. The van der Waals surface area contributed by atoms with E-state index in [9.17, 15) is 19.0 Å². The molecule has 0 aromatic rings. The second kappa shape index (κ2) is 33.8. The number of phosphoric acid groups is 1. The van der Waals surface area contributed by atoms with E-state index in [4.69, 9.17) is 85.0 Å². The van der Waals surface area contributed by atoms with Gasteiger partial charge in [-0.3, -0.25) is 14.2 Å². The minimum Gasteiger partial charge on any atom is -0.756 e. The van der Waals surface area contributed by atoms with Crippen LogP contribution >= 0.6 is 7.82 Å². The molecular weight excluding hydrogens is 653 g/mol. The number of phosphoric ester groups is 1. The van der Waals surface area contributed by atoms with Crippen LogP contribution in [0.15, 0.2) is 0 Å². The Morgan fingerprint density at radius 3 is 1.38 bits per heavy atom. The Balaban J connectivity index is 8.26. The van der Waals surface area contributed by atoms with Crippen molar-refractivity contribution in [2.24, 2.45) is 0 Å². The van der Waals surface area contributed by atoms with Crippen molar-refractivity contribution >= 4 is 19.8 Å². The van der Waals surface area contributed by atoms with Gasteiger partial charge in [-0.1, -0.05) is 167 Å². The lowest BCUT2D eigenvalue weighted by molar-refractivity contribution is -0.870. The van der Waals surface area contributed by atoms with E-state index in [0.717, 1.165) is 0 Å². The van der Waals surface area contributed by atoms with E-state index in [1.165, 1.54) is 21.1 Å². The van der Waals surface area contributed by atoms with E-state index < -0.39 is 238 Å². The number of nitrogens with zero attached hydrogens (tertiary/aromatic N) is 1. The molecule has 0 aliphatic rings. The molecule has 298 valence electrons. The molecule has 0 spiro atoms. The standard InChI is InChI=1S/C40H80NO8P/c1-6-8-10-12-14-16-18-19-20-21-23-24-26-28-30-32-39(42)46-36-38(37-48-50(44,45)47-35-34-41(3,4)5)49-40(43)33-31-29-27-25-22-17-15-13-11-9-7-2/h38H,6-37H2,1-5H3/t38-/m1/s1/i1D3,2D3,6D2,7D2,8D2,9D2,10D2,11D2,12D2,13D2,14D2,15D2,16D2,17D2,18D2,19D2,20D2,21D2,22D2,23D2,24D2,25D2,26D2,27D2,28D2,29D2,30D2,31D2,32D2,33D2. The third kappa shape index (κ3) is 36.8. The van der Waals surface area contributed by atoms with E-state index >= 15 is 0 Å². The maximum Gasteiger partial charge on any atom is 0.306 e. The van der Waals surface area contributed by atoms with Crippen LogP contribution in [-0.4, -0.2) is 70.0 Å². The Kier molecular flexibility index (Phi) is 6.31. The molecule has 1 unspecified atom stereocenters. The Morgan fingerprint density at radius 1 is 0.600 bits per heavy atom. The highest BCUT2D eigenvalue weighted by molar-refractivity contribution is 7.45. The first-order valence-electron chi connectivity index (χ1n) is 44.1. The maximum absolute atomic E-state index is 13.9. The molecule has 0 N–H and O–H groups in total. The van der Waals surface area contributed by atoms with Gasteiger partial charge in [0.25, 0.3) is 7.82 Å². The van der Waals surface area contributed by atoms with Gasteiger partial charge in [0.2, 0.25) is 0 Å². The molecule has 0 aliphatic heterocycles. The summed E-state index contributed by atoms with van der Waals surface area (Å²) in [5.74, 6) is -6.18. The summed E-state index contributed by atoms with van der Waals surface area (Å²) < 4.78 is 541. The molecule has 0 rings (SSSR count). The lowest BCUT2D eigenvalue weighted by atomic mass is 10.0. The van der Waals surface area contributed by atoms with Gasteiger partial charge in [-0.2, -0.15) is 0 Å². The van der Waals surface area contributed by atoms with Gasteiger partial charge in [0.15, 0.2) is 6.10 Å². The van der Waals surface area contributed by atoms with Crippen molar-refractivity contribution in [3.05, 3.63) is 0 Å². The van der Waals surface area contributed by atoms with E-state index in [1.54, 1.807) is 0 Å². The van der Waals surface area contributed by atoms with Crippen molar-refractivity contribution < 1.29 is 127 Å². The van der Waals surface area contributed by atoms with E-state index in [-0.39, 0.29) is 11.0 Å². The largest absolute Gasteiger partial charge is 0.756 e. The van der Waals surface area contributed by atoms with Gasteiger partial charge >= 0.3 is 11.9 Å². The normalized spacial score (nSPS) is 40.6. The van der Waals surface area contributed by atoms with Crippen LogP contribution in [0, 0.1) is 0 Å². The molecule has 10 heteroatoms. The lowest BCUT2D eigenvalue weighted by Crippen LogP contribution is -2.37. The van der Waals surface area contributed by atoms with Crippen LogP contribution in [-0.2, 0) is 32.7 Å². The minimum absolute atomic E-state index is 0.0913. The predicted octanol–water partition coefficient (Wildman–Crippen LogP) is 10.6. The quantitative estimate of drug-likeness (QED) is 0.0345. The van der Waals surface area contributed by atoms with Crippen molar-refractivity contribution in [1.29, 1.82) is 0 Å². The summed E-state index contributed by atoms with van der Waals surface area (Å²) in [6.45, 7) is -14.0. The zero-order chi connectivity index (χ0) is 92.4. The molecule has 0 radical (unpaired) electrons. The maximum atomic E-state index is 13.9. The number of likely N-dealkylation sites (N-methyl/N-ethyl adjacent to an activating group) is 1. The first-order valence-corrected chi connectivity index (χ1v) is 14.6. The van der Waals surface area contributed by atoms with Gasteiger partial charge < -0.3 is 27.9 Å². The zero-order valence-electron chi connectivity index (χ0n) is 88.6. The summed E-state index contributed by atoms with van der Waals surface area (Å²) in [5.41, 5.74) is 0. The number of rotatable bonds is 38. The van der Waals surface area contributed by atoms with Gasteiger partial charge in [0.1, 0.15) is 19.8 Å². The Hall–Kier alpha value is -0.990. The Labute approximate surface area is 395 Å². The fourth-order valence-corrected chi connectivity index (χ4v) is 2.72. The van der Waals surface area contributed by atoms with Crippen LogP contribution < -0.4 is 4.89 Å². The van der Waals surface area contributed by atoms with Gasteiger partial charge in [-0.15, -0.1) is 0 Å². The highest BCUT2D eigenvalue weighted by Crippen LogP contribution is 2.38. The van der Waals surface area contributed by atoms with Crippen LogP contribution in [0.4, 0.5) is 0 Å². The monoisotopic (exact) mass is 796 g/mol. The topological polar surface area (TPSA) is 111 Å². The predicted molar refractivity (Wildman–Crippen MR) is 204 cm³/mol. The van der Waals surface area contributed by atoms with Gasteiger partial charge in [-0.05, 0) is 12.7 Å². The molecule has 50 heavy (non-hydrogen) atoms. The second-order valence-electron chi connectivity index (χ2n) is 8.72. The molecule has 0 saturated heterocycles. The highest BCUT2D eigenvalue weighted by atomic mass is 31.2. The van der Waals surface area contributed by atoms with Gasteiger partial charge in [0, 0.05) is 97.7 Å². The molecule has 0 aliphatic carbocycles. The molecule has 9 nitrogen and oxygen atoms in total. The first kappa shape index (κ1) is 9.33. The number of hydrogen-bond donors (Lipinski definition) is 0. The summed E-state index contributed by atoms with van der Waals surface area (Å²) in [7, 11) is -1.58. The lowest BCUT2D eigenvalue weighted by Gasteiger charge is -2.28. The number of esters is 2. The van der Waals surface area contributed by atoms with E-state index in [2.05, 4.69) is 18.5 Å². The van der Waals surface area contributed by atoms with Crippen LogP contribution in [0.2, 0.25) is 0 Å². The van der Waals surface area contributed by atoms with Crippen LogP contribution in [0.25, 0.3) is 0 Å². The molecule has 2 atom stereocenters. The molecule has 0 saturated carbocycles. The van der Waals surface area contributed by atoms with Crippen molar-refractivity contribution in [1.82, 2.24) is 0 Å². The van der Waals surface area contributed by atoms with Crippen molar-refractivity contribution in [2.75, 3.05) is 47.5 Å². The van der Waals surface area contributed by atoms with Crippen molar-refractivity contribution in [3.8, 4) is 0 Å². The minimum atomic E-state index is -5.94. The number of carbonyl (C=O) groups is 2. The number of hydrogen-bond acceptors (Lipinski definition) is 8.